The molecular formula is C11H10N2O2. The Bertz CT molecular complexity index is 528. The summed E-state index contributed by atoms with van der Waals surface area (Å²) >= 11 is 0. The molecule has 1 aromatic heterocycles. The molecule has 0 fully saturated rings. The molecule has 0 aliphatic heterocycles. The molecule has 2 rings (SSSR count). The number of aromatic nitrogens is 2. The van der Waals surface area contributed by atoms with Crippen molar-refractivity contribution in [1.82, 2.24) is 9.55 Å². The van der Waals surface area contributed by atoms with Gasteiger partial charge in [-0.2, -0.15) is 0 Å². The van der Waals surface area contributed by atoms with E-state index in [2.05, 4.69) is 11.6 Å². The number of hydrogen-bond donors (Lipinski definition) is 1. The number of allylic oxidation sites excluding steroid dienone is 1. The Balaban J connectivity index is 2.73. The first-order valence-corrected chi connectivity index (χ1v) is 4.53. The van der Waals surface area contributed by atoms with Crippen LogP contribution in [0.4, 0.5) is 0 Å². The van der Waals surface area contributed by atoms with Gasteiger partial charge in [-0.15, -0.1) is 6.58 Å². The normalized spacial score (nSPS) is 10.4. The molecule has 0 aliphatic carbocycles. The van der Waals surface area contributed by atoms with Crippen LogP contribution in [0.25, 0.3) is 11.0 Å². The van der Waals surface area contributed by atoms with Crippen molar-refractivity contribution in [2.45, 2.75) is 6.54 Å². The molecule has 2 aromatic rings. The molecule has 76 valence electrons. The molecule has 15 heavy (non-hydrogen) atoms. The van der Waals surface area contributed by atoms with Crippen LogP contribution in [0.1, 0.15) is 10.6 Å². The first-order chi connectivity index (χ1) is 7.24. The van der Waals surface area contributed by atoms with E-state index < -0.39 is 5.97 Å². The molecule has 0 saturated carbocycles. The van der Waals surface area contributed by atoms with Crippen LogP contribution in [0.3, 0.4) is 0 Å². The van der Waals surface area contributed by atoms with Crippen LogP contribution >= 0.6 is 0 Å². The number of benzene rings is 1. The van der Waals surface area contributed by atoms with E-state index in [1.807, 2.05) is 18.2 Å². The second kappa shape index (κ2) is 3.57. The third-order valence-electron chi connectivity index (χ3n) is 2.16. The fraction of sp³-hybridized carbons (Fsp3) is 0.0909. The third-order valence-corrected chi connectivity index (χ3v) is 2.16. The van der Waals surface area contributed by atoms with Crippen LogP contribution < -0.4 is 0 Å². The topological polar surface area (TPSA) is 55.1 Å². The van der Waals surface area contributed by atoms with Crippen LogP contribution in [0.2, 0.25) is 0 Å². The van der Waals surface area contributed by atoms with Gasteiger partial charge < -0.3 is 9.67 Å². The summed E-state index contributed by atoms with van der Waals surface area (Å²) in [4.78, 5) is 15.0. The maximum atomic E-state index is 10.9. The molecule has 0 amide bonds. The second-order valence-corrected chi connectivity index (χ2v) is 3.13. The zero-order chi connectivity index (χ0) is 10.8. The largest absolute Gasteiger partial charge is 0.475 e. The van der Waals surface area contributed by atoms with E-state index in [0.29, 0.717) is 12.1 Å². The summed E-state index contributed by atoms with van der Waals surface area (Å²) in [5.41, 5.74) is 1.51. The quantitative estimate of drug-likeness (QED) is 0.773. The summed E-state index contributed by atoms with van der Waals surface area (Å²) in [5, 5.41) is 8.98. The molecule has 0 radical (unpaired) electrons. The summed E-state index contributed by atoms with van der Waals surface area (Å²) in [7, 11) is 0. The highest BCUT2D eigenvalue weighted by Gasteiger charge is 2.14. The van der Waals surface area contributed by atoms with Crippen molar-refractivity contribution >= 4 is 17.0 Å². The summed E-state index contributed by atoms with van der Waals surface area (Å²) in [6.07, 6.45) is 1.65. The predicted molar refractivity (Wildman–Crippen MR) is 56.9 cm³/mol. The Morgan fingerprint density at radius 2 is 2.27 bits per heavy atom. The molecule has 4 heteroatoms. The summed E-state index contributed by atoms with van der Waals surface area (Å²) in [6.45, 7) is 4.05. The van der Waals surface area contributed by atoms with Gasteiger partial charge in [0.05, 0.1) is 11.0 Å². The zero-order valence-electron chi connectivity index (χ0n) is 8.05. The number of carbonyl (C=O) groups is 1. The summed E-state index contributed by atoms with van der Waals surface area (Å²) < 4.78 is 1.63. The molecule has 1 aromatic carbocycles. The molecule has 0 atom stereocenters. The van der Waals surface area contributed by atoms with Gasteiger partial charge in [-0.1, -0.05) is 18.2 Å². The van der Waals surface area contributed by atoms with Crippen molar-refractivity contribution < 1.29 is 9.90 Å². The third kappa shape index (κ3) is 1.50. The number of rotatable bonds is 3. The Morgan fingerprint density at radius 3 is 2.93 bits per heavy atom. The molecule has 0 spiro atoms. The molecular weight excluding hydrogens is 192 g/mol. The van der Waals surface area contributed by atoms with Crippen molar-refractivity contribution in [2.24, 2.45) is 0 Å². The molecule has 0 bridgehead atoms. The fourth-order valence-electron chi connectivity index (χ4n) is 1.55. The molecule has 0 saturated heterocycles. The highest BCUT2D eigenvalue weighted by Crippen LogP contribution is 2.15. The van der Waals surface area contributed by atoms with Crippen molar-refractivity contribution in [3.8, 4) is 0 Å². The zero-order valence-corrected chi connectivity index (χ0v) is 8.05. The number of aromatic carboxylic acids is 1. The van der Waals surface area contributed by atoms with Gasteiger partial charge in [0.25, 0.3) is 0 Å². The lowest BCUT2D eigenvalue weighted by atomic mass is 10.3. The van der Waals surface area contributed by atoms with Gasteiger partial charge in [0.15, 0.2) is 0 Å². The molecule has 0 aliphatic rings. The van der Waals surface area contributed by atoms with Gasteiger partial charge in [0.1, 0.15) is 0 Å². The number of nitrogens with zero attached hydrogens (tertiary/aromatic N) is 2. The first-order valence-electron chi connectivity index (χ1n) is 4.53. The average molecular weight is 202 g/mol. The number of hydrogen-bond acceptors (Lipinski definition) is 2. The monoisotopic (exact) mass is 202 g/mol. The van der Waals surface area contributed by atoms with E-state index in [1.54, 1.807) is 16.7 Å². The van der Waals surface area contributed by atoms with Gasteiger partial charge in [0.2, 0.25) is 5.82 Å². The Kier molecular flexibility index (Phi) is 2.25. The Morgan fingerprint density at radius 1 is 1.53 bits per heavy atom. The van der Waals surface area contributed by atoms with Gasteiger partial charge >= 0.3 is 5.97 Å². The number of imidazole rings is 1. The van der Waals surface area contributed by atoms with Crippen LogP contribution in [-0.4, -0.2) is 20.6 Å². The number of carboxylic acids is 1. The maximum absolute atomic E-state index is 10.9. The van der Waals surface area contributed by atoms with Crippen LogP contribution in [0.5, 0.6) is 0 Å². The van der Waals surface area contributed by atoms with Crippen LogP contribution in [0.15, 0.2) is 36.9 Å². The van der Waals surface area contributed by atoms with Crippen LogP contribution in [0, 0.1) is 0 Å². The van der Waals surface area contributed by atoms with Gasteiger partial charge in [0, 0.05) is 6.54 Å². The lowest BCUT2D eigenvalue weighted by molar-refractivity contribution is 0.0679. The van der Waals surface area contributed by atoms with Crippen molar-refractivity contribution in [3.63, 3.8) is 0 Å². The summed E-state index contributed by atoms with van der Waals surface area (Å²) in [6, 6.07) is 7.33. The van der Waals surface area contributed by atoms with Crippen molar-refractivity contribution in [1.29, 1.82) is 0 Å². The van der Waals surface area contributed by atoms with Crippen molar-refractivity contribution in [3.05, 3.63) is 42.7 Å². The number of carboxylic acid groups (broad SMARTS) is 1. The predicted octanol–water partition coefficient (Wildman–Crippen LogP) is 1.92. The maximum Gasteiger partial charge on any atom is 0.372 e. The van der Waals surface area contributed by atoms with E-state index in [-0.39, 0.29) is 5.82 Å². The molecule has 1 N–H and O–H groups in total. The van der Waals surface area contributed by atoms with E-state index in [4.69, 9.17) is 5.11 Å². The van der Waals surface area contributed by atoms with Crippen LogP contribution in [-0.2, 0) is 6.54 Å². The first kappa shape index (κ1) is 9.45. The lowest BCUT2D eigenvalue weighted by Gasteiger charge is -2.01. The SMILES string of the molecule is C=CCn1c(C(=O)O)nc2ccccc21. The standard InChI is InChI=1S/C11H10N2O2/c1-2-7-13-9-6-4-3-5-8(9)12-10(13)11(14)15/h2-6H,1,7H2,(H,14,15). The summed E-state index contributed by atoms with van der Waals surface area (Å²) in [5.74, 6) is -0.968. The van der Waals surface area contributed by atoms with Gasteiger partial charge in [-0.05, 0) is 12.1 Å². The molecule has 1 heterocycles. The smallest absolute Gasteiger partial charge is 0.372 e. The number of fused-ring (bicyclic) bond motifs is 1. The highest BCUT2D eigenvalue weighted by atomic mass is 16.4. The lowest BCUT2D eigenvalue weighted by Crippen LogP contribution is -2.08. The van der Waals surface area contributed by atoms with E-state index in [9.17, 15) is 4.79 Å². The Labute approximate surface area is 86.5 Å². The van der Waals surface area contributed by atoms with E-state index >= 15 is 0 Å². The second-order valence-electron chi connectivity index (χ2n) is 3.13. The minimum atomic E-state index is -1.02. The average Bonchev–Trinajstić information content (AvgIpc) is 2.58. The molecule has 4 nitrogen and oxygen atoms in total. The highest BCUT2D eigenvalue weighted by molar-refractivity contribution is 5.89. The Hall–Kier alpha value is -2.10. The van der Waals surface area contributed by atoms with Gasteiger partial charge in [-0.25, -0.2) is 9.78 Å². The van der Waals surface area contributed by atoms with Gasteiger partial charge in [-0.3, -0.25) is 0 Å². The minimum Gasteiger partial charge on any atom is -0.475 e. The molecule has 0 unspecified atom stereocenters. The number of para-hydroxylation sites is 2. The van der Waals surface area contributed by atoms with E-state index in [0.717, 1.165) is 5.52 Å². The minimum absolute atomic E-state index is 0.0519. The van der Waals surface area contributed by atoms with Crippen molar-refractivity contribution in [2.75, 3.05) is 0 Å². The van der Waals surface area contributed by atoms with E-state index in [1.165, 1.54) is 0 Å². The fourth-order valence-corrected chi connectivity index (χ4v) is 1.55.